The van der Waals surface area contributed by atoms with E-state index in [4.69, 9.17) is 0 Å². The van der Waals surface area contributed by atoms with Gasteiger partial charge in [0.1, 0.15) is 0 Å². The molecule has 1 aromatic heterocycles. The normalized spacial score (nSPS) is 23.2. The van der Waals surface area contributed by atoms with Crippen molar-refractivity contribution in [1.82, 2.24) is 20.0 Å². The van der Waals surface area contributed by atoms with E-state index in [0.29, 0.717) is 17.9 Å². The second kappa shape index (κ2) is 6.41. The molecule has 1 N–H and O–H groups in total. The third kappa shape index (κ3) is 3.19. The Morgan fingerprint density at radius 2 is 2.05 bits per heavy atom. The predicted molar refractivity (Wildman–Crippen MR) is 86.5 cm³/mol. The number of hydrogen-bond donors (Lipinski definition) is 1. The third-order valence-electron chi connectivity index (χ3n) is 5.28. The number of nitrogens with zero attached hydrogens (tertiary/aromatic N) is 3. The SMILES string of the molecule is Cc1n[nH]c(C)c1CN(C)C[C@H]1CC(=O)N(C2CCCC2)C1. The molecular weight excluding hydrogens is 276 g/mol. The summed E-state index contributed by atoms with van der Waals surface area (Å²) in [6.07, 6.45) is 5.73. The van der Waals surface area contributed by atoms with Gasteiger partial charge in [0.2, 0.25) is 5.91 Å². The quantitative estimate of drug-likeness (QED) is 0.908. The number of carbonyl (C=O) groups excluding carboxylic acids is 1. The van der Waals surface area contributed by atoms with E-state index in [1.54, 1.807) is 0 Å². The Kier molecular flexibility index (Phi) is 4.52. The van der Waals surface area contributed by atoms with Gasteiger partial charge in [0, 0.05) is 43.4 Å². The van der Waals surface area contributed by atoms with E-state index >= 15 is 0 Å². The molecule has 1 saturated carbocycles. The first kappa shape index (κ1) is 15.5. The summed E-state index contributed by atoms with van der Waals surface area (Å²) < 4.78 is 0. The summed E-state index contributed by atoms with van der Waals surface area (Å²) in [6, 6.07) is 0.529. The molecule has 22 heavy (non-hydrogen) atoms. The Morgan fingerprint density at radius 1 is 1.32 bits per heavy atom. The molecule has 0 unspecified atom stereocenters. The van der Waals surface area contributed by atoms with Gasteiger partial charge in [-0.2, -0.15) is 5.10 Å². The van der Waals surface area contributed by atoms with Gasteiger partial charge in [-0.25, -0.2) is 0 Å². The van der Waals surface area contributed by atoms with E-state index in [9.17, 15) is 4.79 Å². The number of rotatable bonds is 5. The van der Waals surface area contributed by atoms with Crippen molar-refractivity contribution >= 4 is 5.91 Å². The van der Waals surface area contributed by atoms with Crippen LogP contribution in [0.4, 0.5) is 0 Å². The van der Waals surface area contributed by atoms with Crippen LogP contribution in [-0.4, -0.2) is 52.1 Å². The van der Waals surface area contributed by atoms with Crippen molar-refractivity contribution in [3.63, 3.8) is 0 Å². The first-order valence-electron chi connectivity index (χ1n) is 8.53. The Labute approximate surface area is 133 Å². The van der Waals surface area contributed by atoms with Crippen LogP contribution in [0.1, 0.15) is 49.1 Å². The zero-order valence-electron chi connectivity index (χ0n) is 14.1. The maximum atomic E-state index is 12.3. The zero-order chi connectivity index (χ0) is 15.7. The number of likely N-dealkylation sites (tertiary alicyclic amines) is 1. The van der Waals surface area contributed by atoms with Crippen LogP contribution < -0.4 is 0 Å². The topological polar surface area (TPSA) is 52.2 Å². The maximum Gasteiger partial charge on any atom is 0.223 e. The maximum absolute atomic E-state index is 12.3. The average Bonchev–Trinajstić information content (AvgIpc) is 3.16. The molecule has 1 amide bonds. The predicted octanol–water partition coefficient (Wildman–Crippen LogP) is 2.25. The summed E-state index contributed by atoms with van der Waals surface area (Å²) in [5.41, 5.74) is 3.53. The molecule has 122 valence electrons. The molecule has 0 radical (unpaired) electrons. The van der Waals surface area contributed by atoms with Gasteiger partial charge in [-0.1, -0.05) is 12.8 Å². The minimum atomic E-state index is 0.376. The van der Waals surface area contributed by atoms with Gasteiger partial charge in [-0.15, -0.1) is 0 Å². The summed E-state index contributed by atoms with van der Waals surface area (Å²) in [6.45, 7) is 6.97. The fourth-order valence-electron chi connectivity index (χ4n) is 4.08. The summed E-state index contributed by atoms with van der Waals surface area (Å²) in [4.78, 5) is 16.8. The Bertz CT molecular complexity index is 513. The molecule has 2 heterocycles. The van der Waals surface area contributed by atoms with Gasteiger partial charge in [0.15, 0.2) is 0 Å². The number of carbonyl (C=O) groups is 1. The van der Waals surface area contributed by atoms with Crippen molar-refractivity contribution in [3.8, 4) is 0 Å². The Hall–Kier alpha value is -1.36. The van der Waals surface area contributed by atoms with Crippen LogP contribution in [0.3, 0.4) is 0 Å². The molecule has 3 rings (SSSR count). The van der Waals surface area contributed by atoms with Gasteiger partial charge >= 0.3 is 0 Å². The number of H-pyrrole nitrogens is 1. The van der Waals surface area contributed by atoms with Gasteiger partial charge in [0.25, 0.3) is 0 Å². The molecule has 1 saturated heterocycles. The number of amides is 1. The van der Waals surface area contributed by atoms with Crippen molar-refractivity contribution in [3.05, 3.63) is 17.0 Å². The Balaban J connectivity index is 1.54. The van der Waals surface area contributed by atoms with E-state index in [0.717, 1.165) is 37.4 Å². The number of aromatic nitrogens is 2. The molecule has 2 aliphatic rings. The van der Waals surface area contributed by atoms with Crippen LogP contribution in [0.15, 0.2) is 0 Å². The lowest BCUT2D eigenvalue weighted by molar-refractivity contribution is -0.129. The minimum absolute atomic E-state index is 0.376. The number of nitrogens with one attached hydrogen (secondary N) is 1. The van der Waals surface area contributed by atoms with E-state index in [-0.39, 0.29) is 0 Å². The molecule has 2 fully saturated rings. The highest BCUT2D eigenvalue weighted by atomic mass is 16.2. The number of hydrogen-bond acceptors (Lipinski definition) is 3. The fraction of sp³-hybridized carbons (Fsp3) is 0.765. The van der Waals surface area contributed by atoms with Crippen molar-refractivity contribution < 1.29 is 4.79 Å². The van der Waals surface area contributed by atoms with Crippen LogP contribution >= 0.6 is 0 Å². The van der Waals surface area contributed by atoms with Crippen molar-refractivity contribution in [2.45, 2.75) is 58.5 Å². The van der Waals surface area contributed by atoms with Crippen molar-refractivity contribution in [2.75, 3.05) is 20.1 Å². The molecule has 1 aliphatic heterocycles. The molecule has 0 aromatic carbocycles. The van der Waals surface area contributed by atoms with E-state index in [2.05, 4.69) is 34.0 Å². The second-order valence-electron chi connectivity index (χ2n) is 7.16. The van der Waals surface area contributed by atoms with Crippen LogP contribution in [-0.2, 0) is 11.3 Å². The number of aryl methyl sites for hydroxylation is 2. The molecule has 5 heteroatoms. The molecule has 5 nitrogen and oxygen atoms in total. The van der Waals surface area contributed by atoms with Crippen LogP contribution in [0, 0.1) is 19.8 Å². The van der Waals surface area contributed by atoms with Crippen LogP contribution in [0.25, 0.3) is 0 Å². The van der Waals surface area contributed by atoms with E-state index < -0.39 is 0 Å². The minimum Gasteiger partial charge on any atom is -0.339 e. The molecule has 0 bridgehead atoms. The molecule has 1 atom stereocenters. The zero-order valence-corrected chi connectivity index (χ0v) is 14.1. The first-order valence-corrected chi connectivity index (χ1v) is 8.53. The van der Waals surface area contributed by atoms with Gasteiger partial charge in [-0.05, 0) is 39.7 Å². The monoisotopic (exact) mass is 304 g/mol. The van der Waals surface area contributed by atoms with Crippen LogP contribution in [0.5, 0.6) is 0 Å². The van der Waals surface area contributed by atoms with Crippen molar-refractivity contribution in [1.29, 1.82) is 0 Å². The number of aromatic amines is 1. The summed E-state index contributed by atoms with van der Waals surface area (Å²) in [5, 5.41) is 7.31. The first-order chi connectivity index (χ1) is 10.5. The highest BCUT2D eigenvalue weighted by Crippen LogP contribution is 2.29. The van der Waals surface area contributed by atoms with Crippen molar-refractivity contribution in [2.24, 2.45) is 5.92 Å². The van der Waals surface area contributed by atoms with Gasteiger partial charge < -0.3 is 9.80 Å². The standard InChI is InChI=1S/C17H28N4O/c1-12-16(13(2)19-18-12)11-20(3)9-14-8-17(22)21(10-14)15-6-4-5-7-15/h14-15H,4-11H2,1-3H3,(H,18,19)/t14-/m1/s1. The molecule has 1 aromatic rings. The average molecular weight is 304 g/mol. The lowest BCUT2D eigenvalue weighted by atomic mass is 10.1. The van der Waals surface area contributed by atoms with Gasteiger partial charge in [0.05, 0.1) is 5.69 Å². The smallest absolute Gasteiger partial charge is 0.223 e. The Morgan fingerprint density at radius 3 is 2.68 bits per heavy atom. The fourth-order valence-corrected chi connectivity index (χ4v) is 4.08. The summed E-state index contributed by atoms with van der Waals surface area (Å²) in [5.74, 6) is 0.853. The molecule has 0 spiro atoms. The second-order valence-corrected chi connectivity index (χ2v) is 7.16. The lowest BCUT2D eigenvalue weighted by Gasteiger charge is -2.25. The highest BCUT2D eigenvalue weighted by Gasteiger charge is 2.35. The van der Waals surface area contributed by atoms with E-state index in [1.165, 1.54) is 31.2 Å². The van der Waals surface area contributed by atoms with E-state index in [1.807, 2.05) is 6.92 Å². The van der Waals surface area contributed by atoms with Crippen LogP contribution in [0.2, 0.25) is 0 Å². The third-order valence-corrected chi connectivity index (χ3v) is 5.28. The lowest BCUT2D eigenvalue weighted by Crippen LogP contribution is -2.35. The largest absolute Gasteiger partial charge is 0.339 e. The highest BCUT2D eigenvalue weighted by molar-refractivity contribution is 5.79. The summed E-state index contributed by atoms with van der Waals surface area (Å²) in [7, 11) is 2.15. The molecular formula is C17H28N4O. The van der Waals surface area contributed by atoms with Gasteiger partial charge in [-0.3, -0.25) is 9.89 Å². The summed E-state index contributed by atoms with van der Waals surface area (Å²) >= 11 is 0. The molecule has 1 aliphatic carbocycles.